The summed E-state index contributed by atoms with van der Waals surface area (Å²) in [5.41, 5.74) is 0.608. The predicted molar refractivity (Wildman–Crippen MR) is 83.0 cm³/mol. The number of benzene rings is 1. The third-order valence-electron chi connectivity index (χ3n) is 3.10. The summed E-state index contributed by atoms with van der Waals surface area (Å²) in [5, 5.41) is 0. The summed E-state index contributed by atoms with van der Waals surface area (Å²) in [6.07, 6.45) is 2.69. The first-order valence-corrected chi connectivity index (χ1v) is 9.70. The van der Waals surface area contributed by atoms with Crippen LogP contribution in [0.5, 0.6) is 0 Å². The van der Waals surface area contributed by atoms with Crippen LogP contribution in [0.15, 0.2) is 24.3 Å². The second-order valence-electron chi connectivity index (χ2n) is 5.20. The minimum absolute atomic E-state index is 0.0926. The van der Waals surface area contributed by atoms with E-state index in [0.29, 0.717) is 5.69 Å². The largest absolute Gasteiger partial charge is 0.301 e. The van der Waals surface area contributed by atoms with Gasteiger partial charge in [0, 0.05) is 20.1 Å². The maximum Gasteiger partial charge on any atom is 0.301 e. The highest BCUT2D eigenvalue weighted by molar-refractivity contribution is 7.92. The molecule has 0 aromatic heterocycles. The zero-order valence-corrected chi connectivity index (χ0v) is 13.8. The molecule has 0 radical (unpaired) electrons. The SMILES string of the molecule is CN(C)S(=O)(=O)Nc1ccccc1N(C1CC1)S(C)(=O)=O. The van der Waals surface area contributed by atoms with Crippen LogP contribution < -0.4 is 9.03 Å². The van der Waals surface area contributed by atoms with Crippen LogP contribution in [0, 0.1) is 0 Å². The average Bonchev–Trinajstić information content (AvgIpc) is 3.13. The Bertz CT molecular complexity index is 725. The molecule has 0 spiro atoms. The highest BCUT2D eigenvalue weighted by atomic mass is 32.2. The Morgan fingerprint density at radius 3 is 2.14 bits per heavy atom. The van der Waals surface area contributed by atoms with Crippen LogP contribution in [0.3, 0.4) is 0 Å². The second-order valence-corrected chi connectivity index (χ2v) is 8.94. The first kappa shape index (κ1) is 16.1. The predicted octanol–water partition coefficient (Wildman–Crippen LogP) is 0.833. The Morgan fingerprint density at radius 2 is 1.67 bits per heavy atom. The molecular formula is C12H19N3O4S2. The van der Waals surface area contributed by atoms with Gasteiger partial charge in [0.1, 0.15) is 0 Å². The van der Waals surface area contributed by atoms with E-state index in [4.69, 9.17) is 0 Å². The number of nitrogens with zero attached hydrogens (tertiary/aromatic N) is 2. The van der Waals surface area contributed by atoms with Crippen LogP contribution in [0.2, 0.25) is 0 Å². The van der Waals surface area contributed by atoms with Gasteiger partial charge in [-0.2, -0.15) is 12.7 Å². The van der Waals surface area contributed by atoms with Crippen molar-refractivity contribution < 1.29 is 16.8 Å². The monoisotopic (exact) mass is 333 g/mol. The lowest BCUT2D eigenvalue weighted by Gasteiger charge is -2.25. The average molecular weight is 333 g/mol. The third kappa shape index (κ3) is 3.66. The zero-order valence-electron chi connectivity index (χ0n) is 12.1. The first-order valence-electron chi connectivity index (χ1n) is 6.41. The van der Waals surface area contributed by atoms with E-state index in [-0.39, 0.29) is 11.7 Å². The van der Waals surface area contributed by atoms with Crippen molar-refractivity contribution in [2.24, 2.45) is 0 Å². The van der Waals surface area contributed by atoms with Crippen molar-refractivity contribution in [3.05, 3.63) is 24.3 Å². The molecule has 1 saturated carbocycles. The molecule has 1 aromatic rings. The molecule has 21 heavy (non-hydrogen) atoms. The number of nitrogens with one attached hydrogen (secondary N) is 1. The summed E-state index contributed by atoms with van der Waals surface area (Å²) in [6.45, 7) is 0. The van der Waals surface area contributed by atoms with E-state index in [1.54, 1.807) is 24.3 Å². The van der Waals surface area contributed by atoms with E-state index in [1.165, 1.54) is 18.4 Å². The second kappa shape index (κ2) is 5.47. The van der Waals surface area contributed by atoms with E-state index >= 15 is 0 Å². The van der Waals surface area contributed by atoms with Crippen LogP contribution in [0.4, 0.5) is 11.4 Å². The third-order valence-corrected chi connectivity index (χ3v) is 5.75. The molecule has 0 saturated heterocycles. The number of hydrogen-bond acceptors (Lipinski definition) is 4. The molecule has 7 nitrogen and oxygen atoms in total. The quantitative estimate of drug-likeness (QED) is 0.835. The highest BCUT2D eigenvalue weighted by Gasteiger charge is 2.36. The Balaban J connectivity index is 2.46. The van der Waals surface area contributed by atoms with Crippen LogP contribution >= 0.6 is 0 Å². The smallest absolute Gasteiger partial charge is 0.269 e. The van der Waals surface area contributed by atoms with E-state index in [9.17, 15) is 16.8 Å². The van der Waals surface area contributed by atoms with Crippen LogP contribution in [-0.2, 0) is 20.2 Å². The Kier molecular flexibility index (Phi) is 4.18. The van der Waals surface area contributed by atoms with Crippen molar-refractivity contribution in [3.63, 3.8) is 0 Å². The number of rotatable bonds is 6. The van der Waals surface area contributed by atoms with Gasteiger partial charge in [-0.25, -0.2) is 8.42 Å². The van der Waals surface area contributed by atoms with Crippen LogP contribution in [0.25, 0.3) is 0 Å². The summed E-state index contributed by atoms with van der Waals surface area (Å²) < 4.78 is 52.7. The molecule has 1 fully saturated rings. The maximum atomic E-state index is 12.0. The number of anilines is 2. The van der Waals surface area contributed by atoms with E-state index < -0.39 is 20.2 Å². The van der Waals surface area contributed by atoms with E-state index in [1.807, 2.05) is 0 Å². The fraction of sp³-hybridized carbons (Fsp3) is 0.500. The first-order chi connectivity index (χ1) is 9.63. The Labute approximate surface area is 125 Å². The summed E-state index contributed by atoms with van der Waals surface area (Å²) in [6, 6.07) is 6.40. The molecule has 0 heterocycles. The Hall–Kier alpha value is -1.32. The summed E-state index contributed by atoms with van der Waals surface area (Å²) >= 11 is 0. The molecule has 1 aromatic carbocycles. The molecule has 9 heteroatoms. The molecule has 2 rings (SSSR count). The van der Waals surface area contributed by atoms with Gasteiger partial charge in [-0.15, -0.1) is 0 Å². The molecule has 118 valence electrons. The van der Waals surface area contributed by atoms with Crippen molar-refractivity contribution in [3.8, 4) is 0 Å². The molecule has 0 amide bonds. The van der Waals surface area contributed by atoms with Crippen LogP contribution in [-0.4, -0.2) is 47.5 Å². The lowest BCUT2D eigenvalue weighted by molar-refractivity contribution is 0.526. The standard InChI is InChI=1S/C12H19N3O4S2/c1-14(2)21(18,19)13-11-6-4-5-7-12(11)15(10-8-9-10)20(3,16)17/h4-7,10,13H,8-9H2,1-3H3. The zero-order chi connectivity index (χ0) is 15.8. The van der Waals surface area contributed by atoms with Crippen LogP contribution in [0.1, 0.15) is 12.8 Å². The molecule has 0 unspecified atom stereocenters. The fourth-order valence-corrected chi connectivity index (χ4v) is 3.84. The maximum absolute atomic E-state index is 12.0. The lowest BCUT2D eigenvalue weighted by atomic mass is 10.2. The fourth-order valence-electron chi connectivity index (χ4n) is 1.94. The molecule has 0 aliphatic heterocycles. The molecule has 1 aliphatic rings. The minimum atomic E-state index is -3.70. The van der Waals surface area contributed by atoms with Crippen molar-refractivity contribution in [1.29, 1.82) is 0 Å². The molecule has 0 bridgehead atoms. The van der Waals surface area contributed by atoms with Gasteiger partial charge in [-0.05, 0) is 25.0 Å². The summed E-state index contributed by atoms with van der Waals surface area (Å²) in [4.78, 5) is 0. The van der Waals surface area contributed by atoms with Gasteiger partial charge in [0.15, 0.2) is 0 Å². The van der Waals surface area contributed by atoms with Crippen molar-refractivity contribution >= 4 is 31.6 Å². The number of para-hydroxylation sites is 2. The van der Waals surface area contributed by atoms with E-state index in [0.717, 1.165) is 23.4 Å². The molecule has 1 aliphatic carbocycles. The lowest BCUT2D eigenvalue weighted by Crippen LogP contribution is -2.34. The summed E-state index contributed by atoms with van der Waals surface area (Å²) in [7, 11) is -4.36. The van der Waals surface area contributed by atoms with Gasteiger partial charge in [-0.3, -0.25) is 9.03 Å². The summed E-state index contributed by atoms with van der Waals surface area (Å²) in [5.74, 6) is 0. The number of hydrogen-bond donors (Lipinski definition) is 1. The van der Waals surface area contributed by atoms with Gasteiger partial charge in [-0.1, -0.05) is 12.1 Å². The molecular weight excluding hydrogens is 314 g/mol. The molecule has 0 atom stereocenters. The topological polar surface area (TPSA) is 86.8 Å². The van der Waals surface area contributed by atoms with E-state index in [2.05, 4.69) is 4.72 Å². The Morgan fingerprint density at radius 1 is 1.10 bits per heavy atom. The highest BCUT2D eigenvalue weighted by Crippen LogP contribution is 2.38. The van der Waals surface area contributed by atoms with Gasteiger partial charge < -0.3 is 0 Å². The van der Waals surface area contributed by atoms with Crippen molar-refractivity contribution in [2.45, 2.75) is 18.9 Å². The van der Waals surface area contributed by atoms with Crippen molar-refractivity contribution in [1.82, 2.24) is 4.31 Å². The van der Waals surface area contributed by atoms with Gasteiger partial charge >= 0.3 is 10.2 Å². The molecule has 1 N–H and O–H groups in total. The van der Waals surface area contributed by atoms with Gasteiger partial charge in [0.2, 0.25) is 10.0 Å². The normalized spacial score (nSPS) is 16.0. The van der Waals surface area contributed by atoms with Gasteiger partial charge in [0.05, 0.1) is 17.6 Å². The number of sulfonamides is 1. The van der Waals surface area contributed by atoms with Gasteiger partial charge in [0.25, 0.3) is 0 Å². The minimum Gasteiger partial charge on any atom is -0.269 e. The van der Waals surface area contributed by atoms with Crippen molar-refractivity contribution in [2.75, 3.05) is 29.4 Å².